The van der Waals surface area contributed by atoms with Gasteiger partial charge in [-0.15, -0.1) is 12.4 Å². The van der Waals surface area contributed by atoms with Crippen LogP contribution in [0.1, 0.15) is 77.3 Å². The molecule has 0 saturated heterocycles. The van der Waals surface area contributed by atoms with Crippen LogP contribution in [0.25, 0.3) is 22.6 Å². The molecule has 0 aliphatic rings. The Morgan fingerprint density at radius 2 is 0.857 bits per heavy atom. The van der Waals surface area contributed by atoms with Gasteiger partial charge >= 0.3 is 0 Å². The SMILES string of the molecule is CC(C)CCNCCCNCCCNCc1ccc(-c2ccnc(-c3ccc(CNCCCNCCCNCCC(C)C)cc3)n2)cc1.Cl. The summed E-state index contributed by atoms with van der Waals surface area (Å²) in [6.07, 6.45) is 9.01. The lowest BCUT2D eigenvalue weighted by molar-refractivity contribution is 0.520. The van der Waals surface area contributed by atoms with Gasteiger partial charge in [-0.2, -0.15) is 0 Å². The summed E-state index contributed by atoms with van der Waals surface area (Å²) in [7, 11) is 0. The van der Waals surface area contributed by atoms with Crippen LogP contribution >= 0.6 is 12.4 Å². The lowest BCUT2D eigenvalue weighted by Crippen LogP contribution is -2.25. The molecule has 0 atom stereocenters. The van der Waals surface area contributed by atoms with E-state index in [1.807, 2.05) is 12.3 Å². The maximum absolute atomic E-state index is 4.89. The summed E-state index contributed by atoms with van der Waals surface area (Å²) in [5, 5.41) is 21.3. The molecule has 0 aliphatic heterocycles. The summed E-state index contributed by atoms with van der Waals surface area (Å²) in [6, 6.07) is 19.3. The molecule has 0 aliphatic carbocycles. The van der Waals surface area contributed by atoms with Crippen molar-refractivity contribution in [1.82, 2.24) is 41.9 Å². The largest absolute Gasteiger partial charge is 0.317 e. The van der Waals surface area contributed by atoms with Crippen molar-refractivity contribution in [3.05, 3.63) is 71.9 Å². The van der Waals surface area contributed by atoms with Crippen LogP contribution in [0.4, 0.5) is 0 Å². The first-order valence-corrected chi connectivity index (χ1v) is 18.8. The zero-order chi connectivity index (χ0) is 34.1. The summed E-state index contributed by atoms with van der Waals surface area (Å²) in [4.78, 5) is 9.45. The molecule has 0 fully saturated rings. The summed E-state index contributed by atoms with van der Waals surface area (Å²) in [5.74, 6) is 2.32. The number of rotatable bonds is 28. The lowest BCUT2D eigenvalue weighted by atomic mass is 10.1. The molecular weight excluding hydrogens is 628 g/mol. The summed E-state index contributed by atoms with van der Waals surface area (Å²) >= 11 is 0. The van der Waals surface area contributed by atoms with Crippen LogP contribution in [-0.2, 0) is 13.1 Å². The maximum Gasteiger partial charge on any atom is 0.159 e. The molecule has 1 heterocycles. The summed E-state index contributed by atoms with van der Waals surface area (Å²) in [5.41, 5.74) is 5.66. The van der Waals surface area contributed by atoms with Gasteiger partial charge in [-0.25, -0.2) is 9.97 Å². The molecule has 0 amide bonds. The van der Waals surface area contributed by atoms with Crippen LogP contribution in [-0.4, -0.2) is 75.4 Å². The van der Waals surface area contributed by atoms with Gasteiger partial charge in [0.05, 0.1) is 5.69 Å². The van der Waals surface area contributed by atoms with Crippen molar-refractivity contribution in [1.29, 1.82) is 0 Å². The topological polar surface area (TPSA) is 98.0 Å². The first-order valence-electron chi connectivity index (χ1n) is 18.8. The van der Waals surface area contributed by atoms with E-state index in [2.05, 4.69) is 113 Å². The highest BCUT2D eigenvalue weighted by atomic mass is 35.5. The van der Waals surface area contributed by atoms with Crippen molar-refractivity contribution in [2.75, 3.05) is 65.4 Å². The molecule has 0 spiro atoms. The highest BCUT2D eigenvalue weighted by Gasteiger charge is 2.06. The van der Waals surface area contributed by atoms with Crippen molar-refractivity contribution in [2.45, 2.75) is 79.3 Å². The third kappa shape index (κ3) is 20.1. The standard InChI is InChI=1S/C40H66N8.ClH/c1-33(2)17-28-43-24-5-20-41-22-7-26-45-31-35-9-13-37(14-10-35)39-19-30-47-40(48-39)38-15-11-36(12-16-38)32-46-27-8-23-42-21-6-25-44-29-18-34(3)4;/h9-16,19,30,33-34,41-46H,5-8,17-18,20-29,31-32H2,1-4H3;1H. The van der Waals surface area contributed by atoms with Gasteiger partial charge in [0.15, 0.2) is 5.82 Å². The van der Waals surface area contributed by atoms with E-state index in [-0.39, 0.29) is 12.4 Å². The van der Waals surface area contributed by atoms with Crippen molar-refractivity contribution in [2.24, 2.45) is 11.8 Å². The van der Waals surface area contributed by atoms with Crippen molar-refractivity contribution >= 4 is 12.4 Å². The summed E-state index contributed by atoms with van der Waals surface area (Å²) in [6.45, 7) is 21.6. The Bertz CT molecular complexity index is 1110. The molecule has 0 unspecified atom stereocenters. The fraction of sp³-hybridized carbons (Fsp3) is 0.600. The van der Waals surface area contributed by atoms with Crippen LogP contribution in [0.2, 0.25) is 0 Å². The molecule has 9 heteroatoms. The van der Waals surface area contributed by atoms with Crippen LogP contribution in [0.5, 0.6) is 0 Å². The maximum atomic E-state index is 4.89. The molecule has 8 nitrogen and oxygen atoms in total. The Labute approximate surface area is 304 Å². The second-order valence-corrected chi connectivity index (χ2v) is 13.8. The zero-order valence-electron chi connectivity index (χ0n) is 31.0. The van der Waals surface area contributed by atoms with Gasteiger partial charge in [0.1, 0.15) is 0 Å². The molecule has 1 aromatic heterocycles. The molecule has 0 saturated carbocycles. The van der Waals surface area contributed by atoms with Crippen LogP contribution in [0.15, 0.2) is 60.8 Å². The molecule has 0 radical (unpaired) electrons. The number of benzene rings is 2. The Hall–Kier alpha value is -2.43. The lowest BCUT2D eigenvalue weighted by Gasteiger charge is -2.09. The molecule has 0 bridgehead atoms. The van der Waals surface area contributed by atoms with E-state index in [0.29, 0.717) is 0 Å². The minimum atomic E-state index is 0. The molecule has 3 aromatic rings. The average Bonchev–Trinajstić information content (AvgIpc) is 3.09. The number of hydrogen-bond donors (Lipinski definition) is 6. The first-order chi connectivity index (χ1) is 23.5. The fourth-order valence-electron chi connectivity index (χ4n) is 5.32. The summed E-state index contributed by atoms with van der Waals surface area (Å²) < 4.78 is 0. The highest BCUT2D eigenvalue weighted by molar-refractivity contribution is 5.85. The number of nitrogens with zero attached hydrogens (tertiary/aromatic N) is 2. The number of nitrogens with one attached hydrogen (secondary N) is 6. The molecule has 2 aromatic carbocycles. The fourth-order valence-corrected chi connectivity index (χ4v) is 5.32. The third-order valence-corrected chi connectivity index (χ3v) is 8.40. The van der Waals surface area contributed by atoms with Gasteiger partial charge < -0.3 is 31.9 Å². The van der Waals surface area contributed by atoms with Crippen LogP contribution < -0.4 is 31.9 Å². The number of halogens is 1. The second-order valence-electron chi connectivity index (χ2n) is 13.8. The Kier molecular flexibility index (Phi) is 23.8. The van der Waals surface area contributed by atoms with E-state index in [1.54, 1.807) is 0 Å². The highest BCUT2D eigenvalue weighted by Crippen LogP contribution is 2.22. The molecule has 6 N–H and O–H groups in total. The van der Waals surface area contributed by atoms with Gasteiger partial charge in [0.25, 0.3) is 0 Å². The third-order valence-electron chi connectivity index (χ3n) is 8.40. The molecule has 3 rings (SSSR count). The monoisotopic (exact) mass is 695 g/mol. The Balaban J connectivity index is 0.00000833. The molecule has 274 valence electrons. The molecule has 49 heavy (non-hydrogen) atoms. The van der Waals surface area contributed by atoms with Crippen LogP contribution in [0.3, 0.4) is 0 Å². The van der Waals surface area contributed by atoms with Crippen molar-refractivity contribution in [3.8, 4) is 22.6 Å². The van der Waals surface area contributed by atoms with E-state index in [4.69, 9.17) is 4.98 Å². The predicted octanol–water partition coefficient (Wildman–Crippen LogP) is 6.42. The van der Waals surface area contributed by atoms with Gasteiger partial charge in [0, 0.05) is 30.4 Å². The smallest absolute Gasteiger partial charge is 0.159 e. The minimum Gasteiger partial charge on any atom is -0.317 e. The van der Waals surface area contributed by atoms with E-state index < -0.39 is 0 Å². The van der Waals surface area contributed by atoms with Gasteiger partial charge in [-0.3, -0.25) is 0 Å². The predicted molar refractivity (Wildman–Crippen MR) is 212 cm³/mol. The van der Waals surface area contributed by atoms with E-state index in [0.717, 1.165) is 126 Å². The van der Waals surface area contributed by atoms with E-state index in [1.165, 1.54) is 36.8 Å². The number of hydrogen-bond acceptors (Lipinski definition) is 8. The zero-order valence-corrected chi connectivity index (χ0v) is 31.8. The van der Waals surface area contributed by atoms with Crippen molar-refractivity contribution in [3.63, 3.8) is 0 Å². The van der Waals surface area contributed by atoms with E-state index in [9.17, 15) is 0 Å². The van der Waals surface area contributed by atoms with Crippen LogP contribution in [0, 0.1) is 11.8 Å². The van der Waals surface area contributed by atoms with Crippen molar-refractivity contribution < 1.29 is 0 Å². The Morgan fingerprint density at radius 3 is 1.29 bits per heavy atom. The minimum absolute atomic E-state index is 0. The quantitative estimate of drug-likeness (QED) is 0.0485. The Morgan fingerprint density at radius 1 is 0.469 bits per heavy atom. The normalized spacial score (nSPS) is 11.4. The van der Waals surface area contributed by atoms with Gasteiger partial charge in [0.2, 0.25) is 0 Å². The first kappa shape index (κ1) is 42.7. The average molecular weight is 695 g/mol. The van der Waals surface area contributed by atoms with Gasteiger partial charge in [-0.1, -0.05) is 76.2 Å². The van der Waals surface area contributed by atoms with E-state index >= 15 is 0 Å². The second kappa shape index (κ2) is 27.3. The molecular formula is C40H67ClN8. The van der Waals surface area contributed by atoms with Gasteiger partial charge in [-0.05, 0) is 133 Å². The number of aromatic nitrogens is 2.